The summed E-state index contributed by atoms with van der Waals surface area (Å²) < 4.78 is 18.4. The van der Waals surface area contributed by atoms with Gasteiger partial charge in [-0.05, 0) is 102 Å². The Hall–Kier alpha value is -3.28. The number of nitriles is 1. The van der Waals surface area contributed by atoms with Crippen LogP contribution < -0.4 is 14.4 Å². The van der Waals surface area contributed by atoms with Crippen LogP contribution in [0.25, 0.3) is 22.4 Å². The highest BCUT2D eigenvalue weighted by Gasteiger charge is 2.47. The van der Waals surface area contributed by atoms with Crippen molar-refractivity contribution in [3.63, 3.8) is 0 Å². The molecule has 2 saturated heterocycles. The summed E-state index contributed by atoms with van der Waals surface area (Å²) in [6.07, 6.45) is 6.91. The van der Waals surface area contributed by atoms with E-state index in [0.29, 0.717) is 24.0 Å². The monoisotopic (exact) mass is 571 g/mol. The van der Waals surface area contributed by atoms with Crippen molar-refractivity contribution >= 4 is 16.6 Å². The Morgan fingerprint density at radius 2 is 1.83 bits per heavy atom. The van der Waals surface area contributed by atoms with Crippen molar-refractivity contribution in [2.75, 3.05) is 51.8 Å². The molecular formula is C34H45N5O3. The molecule has 1 spiro atoms. The quantitative estimate of drug-likeness (QED) is 0.293. The normalized spacial score (nSPS) is 20.1. The molecule has 1 saturated carbocycles. The second-order valence-electron chi connectivity index (χ2n) is 13.0. The maximum absolute atomic E-state index is 9.04. The molecule has 0 bridgehead atoms. The van der Waals surface area contributed by atoms with Gasteiger partial charge in [-0.1, -0.05) is 0 Å². The zero-order valence-electron chi connectivity index (χ0n) is 25.9. The van der Waals surface area contributed by atoms with E-state index in [1.54, 1.807) is 7.11 Å². The van der Waals surface area contributed by atoms with Crippen molar-refractivity contribution in [2.45, 2.75) is 77.5 Å². The molecule has 2 aromatic heterocycles. The Morgan fingerprint density at radius 3 is 2.45 bits per heavy atom. The van der Waals surface area contributed by atoms with E-state index >= 15 is 0 Å². The average molecular weight is 572 g/mol. The van der Waals surface area contributed by atoms with Gasteiger partial charge in [-0.3, -0.25) is 4.90 Å². The summed E-state index contributed by atoms with van der Waals surface area (Å²) in [5, 5.41) is 10.1. The third-order valence-corrected chi connectivity index (χ3v) is 10.0. The number of methoxy groups -OCH3 is 1. The minimum Gasteiger partial charge on any atom is -0.493 e. The van der Waals surface area contributed by atoms with Gasteiger partial charge in [0.2, 0.25) is 0 Å². The lowest BCUT2D eigenvalue weighted by Crippen LogP contribution is -2.55. The first-order valence-electron chi connectivity index (χ1n) is 15.6. The van der Waals surface area contributed by atoms with E-state index in [9.17, 15) is 0 Å². The molecule has 3 aromatic rings. The SMILES string of the molecule is COc1cc2c(N(C)C3CC4(CCN(C(C)C)CC4)C3)cc(-c3ccc(C)o3)nc2cc1OC1CCN(CC#N)CC1. The summed E-state index contributed by atoms with van der Waals surface area (Å²) in [5.74, 6) is 3.10. The fourth-order valence-electron chi connectivity index (χ4n) is 7.26. The maximum Gasteiger partial charge on any atom is 0.163 e. The molecule has 0 radical (unpaired) electrons. The van der Waals surface area contributed by atoms with E-state index < -0.39 is 0 Å². The first-order valence-corrected chi connectivity index (χ1v) is 15.6. The number of hydrogen-bond acceptors (Lipinski definition) is 8. The Kier molecular flexibility index (Phi) is 8.08. The van der Waals surface area contributed by atoms with Crippen LogP contribution in [0.1, 0.15) is 58.1 Å². The number of aromatic nitrogens is 1. The second kappa shape index (κ2) is 11.8. The van der Waals surface area contributed by atoms with Gasteiger partial charge in [-0.2, -0.15) is 5.26 Å². The summed E-state index contributed by atoms with van der Waals surface area (Å²) >= 11 is 0. The van der Waals surface area contributed by atoms with Crippen LogP contribution in [-0.4, -0.2) is 79.9 Å². The van der Waals surface area contributed by atoms with Gasteiger partial charge in [0, 0.05) is 49.4 Å². The van der Waals surface area contributed by atoms with Gasteiger partial charge in [-0.15, -0.1) is 0 Å². The number of ether oxygens (including phenoxy) is 2. The molecule has 0 atom stereocenters. The Balaban J connectivity index is 1.29. The second-order valence-corrected chi connectivity index (χ2v) is 13.0. The lowest BCUT2D eigenvalue weighted by Gasteiger charge is -2.55. The molecule has 8 nitrogen and oxygen atoms in total. The number of aryl methyl sites for hydroxylation is 1. The number of likely N-dealkylation sites (tertiary alicyclic amines) is 2. The number of benzene rings is 1. The van der Waals surface area contributed by atoms with E-state index in [0.717, 1.165) is 71.2 Å². The lowest BCUT2D eigenvalue weighted by atomic mass is 9.60. The van der Waals surface area contributed by atoms with Crippen LogP contribution >= 0.6 is 0 Å². The average Bonchev–Trinajstić information content (AvgIpc) is 3.42. The van der Waals surface area contributed by atoms with Crippen LogP contribution in [-0.2, 0) is 0 Å². The highest BCUT2D eigenvalue weighted by Crippen LogP contribution is 2.52. The summed E-state index contributed by atoms with van der Waals surface area (Å²) in [6, 6.07) is 13.7. The van der Waals surface area contributed by atoms with E-state index in [-0.39, 0.29) is 6.10 Å². The number of hydrogen-bond donors (Lipinski definition) is 0. The third kappa shape index (κ3) is 5.69. The van der Waals surface area contributed by atoms with E-state index in [2.05, 4.69) is 53.8 Å². The van der Waals surface area contributed by atoms with Gasteiger partial charge in [0.05, 0.1) is 25.2 Å². The summed E-state index contributed by atoms with van der Waals surface area (Å²) in [7, 11) is 3.94. The third-order valence-electron chi connectivity index (χ3n) is 10.0. The molecular weight excluding hydrogens is 526 g/mol. The summed E-state index contributed by atoms with van der Waals surface area (Å²) in [6.45, 7) is 11.2. The number of nitrogens with zero attached hydrogens (tertiary/aromatic N) is 5. The molecule has 6 rings (SSSR count). The lowest BCUT2D eigenvalue weighted by molar-refractivity contribution is 0.00698. The van der Waals surface area contributed by atoms with Crippen molar-refractivity contribution < 1.29 is 13.9 Å². The first-order chi connectivity index (χ1) is 20.3. The van der Waals surface area contributed by atoms with Gasteiger partial charge in [0.15, 0.2) is 17.3 Å². The number of pyridine rings is 1. The van der Waals surface area contributed by atoms with E-state index in [1.807, 2.05) is 25.1 Å². The highest BCUT2D eigenvalue weighted by atomic mass is 16.5. The highest BCUT2D eigenvalue weighted by molar-refractivity contribution is 5.96. The fraction of sp³-hybridized carbons (Fsp3) is 0.588. The zero-order chi connectivity index (χ0) is 29.4. The maximum atomic E-state index is 9.04. The van der Waals surface area contributed by atoms with Gasteiger partial charge in [0.1, 0.15) is 17.6 Å². The summed E-state index contributed by atoms with van der Waals surface area (Å²) in [5.41, 5.74) is 3.34. The van der Waals surface area contributed by atoms with Crippen molar-refractivity contribution in [1.82, 2.24) is 14.8 Å². The summed E-state index contributed by atoms with van der Waals surface area (Å²) in [4.78, 5) is 12.3. The predicted molar refractivity (Wildman–Crippen MR) is 166 cm³/mol. The molecule has 0 amide bonds. The predicted octanol–water partition coefficient (Wildman–Crippen LogP) is 6.27. The molecule has 3 fully saturated rings. The molecule has 1 aromatic carbocycles. The van der Waals surface area contributed by atoms with Crippen LogP contribution in [0.5, 0.6) is 11.5 Å². The molecule has 0 N–H and O–H groups in total. The topological polar surface area (TPSA) is 78.0 Å². The van der Waals surface area contributed by atoms with E-state index in [1.165, 1.54) is 38.8 Å². The van der Waals surface area contributed by atoms with Crippen LogP contribution in [0.4, 0.5) is 5.69 Å². The van der Waals surface area contributed by atoms with Crippen LogP contribution in [0.3, 0.4) is 0 Å². The number of anilines is 1. The number of piperidine rings is 2. The van der Waals surface area contributed by atoms with Crippen molar-refractivity contribution in [2.24, 2.45) is 5.41 Å². The Morgan fingerprint density at radius 1 is 1.10 bits per heavy atom. The number of fused-ring (bicyclic) bond motifs is 1. The van der Waals surface area contributed by atoms with Crippen LogP contribution in [0.2, 0.25) is 0 Å². The molecule has 3 aliphatic rings. The smallest absolute Gasteiger partial charge is 0.163 e. The number of rotatable bonds is 8. The van der Waals surface area contributed by atoms with Crippen molar-refractivity contribution in [1.29, 1.82) is 5.26 Å². The fourth-order valence-corrected chi connectivity index (χ4v) is 7.26. The molecule has 4 heterocycles. The van der Waals surface area contributed by atoms with Crippen LogP contribution in [0.15, 0.2) is 34.7 Å². The standard InChI is InChI=1S/C34H45N5O3/c1-23(2)39-15-10-34(11-16-39)21-25(22-34)37(4)30-19-29(31-7-6-24(3)41-31)36-28-20-33(32(40-5)18-27(28)30)42-26-8-13-38(14-9-26)17-12-35/h6-7,18-20,23,25-26H,8-11,13-17,21-22H2,1-5H3. The molecule has 0 unspecified atom stereocenters. The first kappa shape index (κ1) is 28.8. The van der Waals surface area contributed by atoms with E-state index in [4.69, 9.17) is 24.1 Å². The van der Waals surface area contributed by atoms with Gasteiger partial charge < -0.3 is 23.7 Å². The minimum atomic E-state index is 0.0811. The molecule has 42 heavy (non-hydrogen) atoms. The number of furan rings is 1. The van der Waals surface area contributed by atoms with Crippen LogP contribution in [0, 0.1) is 23.7 Å². The Bertz CT molecular complexity index is 1440. The molecule has 224 valence electrons. The molecule has 2 aliphatic heterocycles. The largest absolute Gasteiger partial charge is 0.493 e. The van der Waals surface area contributed by atoms with Crippen molar-refractivity contribution in [3.05, 3.63) is 36.1 Å². The van der Waals surface area contributed by atoms with Gasteiger partial charge >= 0.3 is 0 Å². The molecule has 1 aliphatic carbocycles. The van der Waals surface area contributed by atoms with Gasteiger partial charge in [0.25, 0.3) is 0 Å². The minimum absolute atomic E-state index is 0.0811. The molecule has 8 heteroatoms. The van der Waals surface area contributed by atoms with Gasteiger partial charge in [-0.25, -0.2) is 4.98 Å². The van der Waals surface area contributed by atoms with Crippen molar-refractivity contribution in [3.8, 4) is 29.0 Å². The zero-order valence-corrected chi connectivity index (χ0v) is 25.9. The Labute approximate surface area is 250 Å².